The van der Waals surface area contributed by atoms with Gasteiger partial charge < -0.3 is 4.98 Å². The number of benzene rings is 2. The molecule has 0 aliphatic carbocycles. The topological polar surface area (TPSA) is 66.8 Å². The second-order valence-corrected chi connectivity index (χ2v) is 8.28. The molecule has 30 heavy (non-hydrogen) atoms. The molecule has 0 atom stereocenters. The van der Waals surface area contributed by atoms with E-state index in [9.17, 15) is 0 Å². The van der Waals surface area contributed by atoms with Crippen LogP contribution in [0.5, 0.6) is 0 Å². The Morgan fingerprint density at radius 1 is 0.867 bits per heavy atom. The number of thiazole rings is 1. The number of rotatable bonds is 0. The highest BCUT2D eigenvalue weighted by Gasteiger charge is 2.08. The number of aromatic nitrogens is 4. The number of H-pyrrole nitrogens is 1. The predicted octanol–water partition coefficient (Wildman–Crippen LogP) is 6.21. The summed E-state index contributed by atoms with van der Waals surface area (Å²) in [6.45, 7) is 6.02. The molecule has 3 aromatic heterocycles. The number of para-hydroxylation sites is 2. The monoisotopic (exact) mass is 413 g/mol. The molecule has 1 aliphatic heterocycles. The van der Waals surface area contributed by atoms with Crippen molar-refractivity contribution in [1.82, 2.24) is 19.9 Å². The van der Waals surface area contributed by atoms with Crippen molar-refractivity contribution < 1.29 is 0 Å². The lowest BCUT2D eigenvalue weighted by molar-refractivity contribution is 1.16. The predicted molar refractivity (Wildman–Crippen MR) is 126 cm³/mol. The molecule has 0 saturated carbocycles. The Labute approximate surface area is 179 Å². The summed E-state index contributed by atoms with van der Waals surface area (Å²) in [5, 5.41) is 1.14. The third-order valence-corrected chi connectivity index (χ3v) is 5.48. The molecule has 0 spiro atoms. The summed E-state index contributed by atoms with van der Waals surface area (Å²) in [5.41, 5.74) is 6.64. The van der Waals surface area contributed by atoms with E-state index < -0.39 is 0 Å². The first-order valence-electron chi connectivity index (χ1n) is 9.80. The van der Waals surface area contributed by atoms with Crippen LogP contribution in [0.3, 0.4) is 0 Å². The lowest BCUT2D eigenvalue weighted by Crippen LogP contribution is -1.87. The molecule has 0 saturated heterocycles. The van der Waals surface area contributed by atoms with Gasteiger partial charge in [-0.05, 0) is 56.7 Å². The lowest BCUT2D eigenvalue weighted by Gasteiger charge is -1.91. The van der Waals surface area contributed by atoms with E-state index in [-0.39, 0.29) is 0 Å². The highest BCUT2D eigenvalue weighted by atomic mass is 32.1. The van der Waals surface area contributed by atoms with Crippen molar-refractivity contribution >= 4 is 44.1 Å². The van der Waals surface area contributed by atoms with Crippen LogP contribution in [0.25, 0.3) is 21.4 Å². The Morgan fingerprint density at radius 2 is 1.67 bits per heavy atom. The highest BCUT2D eigenvalue weighted by molar-refractivity contribution is 7.18. The number of hydrogen-bond donors (Lipinski definition) is 1. The molecule has 0 amide bonds. The molecule has 0 fully saturated rings. The Kier molecular flexibility index (Phi) is 5.95. The van der Waals surface area contributed by atoms with Gasteiger partial charge in [-0.2, -0.15) is 0 Å². The van der Waals surface area contributed by atoms with Crippen molar-refractivity contribution in [2.24, 2.45) is 4.99 Å². The zero-order chi connectivity index (χ0) is 20.9. The van der Waals surface area contributed by atoms with Gasteiger partial charge in [-0.1, -0.05) is 30.3 Å². The minimum atomic E-state index is 0.792. The molecule has 6 heteroatoms. The van der Waals surface area contributed by atoms with Gasteiger partial charge in [0.1, 0.15) is 5.82 Å². The first-order chi connectivity index (χ1) is 14.6. The molecule has 0 radical (unpaired) electrons. The Hall–Kier alpha value is -3.38. The van der Waals surface area contributed by atoms with Gasteiger partial charge in [0, 0.05) is 18.3 Å². The summed E-state index contributed by atoms with van der Waals surface area (Å²) in [6, 6.07) is 20.3. The molecule has 1 aliphatic rings. The van der Waals surface area contributed by atoms with Crippen molar-refractivity contribution in [3.8, 4) is 0 Å². The van der Waals surface area contributed by atoms with Crippen LogP contribution in [-0.2, 0) is 6.42 Å². The van der Waals surface area contributed by atoms with E-state index in [1.807, 2.05) is 50.2 Å². The normalized spacial score (nSPS) is 11.9. The maximum absolute atomic E-state index is 4.37. The molecular formula is C24H23N5S. The summed E-state index contributed by atoms with van der Waals surface area (Å²) >= 11 is 1.74. The Morgan fingerprint density at radius 3 is 2.47 bits per heavy atom. The first kappa shape index (κ1) is 19.9. The molecule has 0 bridgehead atoms. The number of aliphatic imine (C=N–C) groups is 1. The van der Waals surface area contributed by atoms with Gasteiger partial charge in [-0.15, -0.1) is 11.3 Å². The molecule has 5 nitrogen and oxygen atoms in total. The van der Waals surface area contributed by atoms with Crippen LogP contribution in [0.2, 0.25) is 0 Å². The van der Waals surface area contributed by atoms with Crippen LogP contribution >= 0.6 is 11.3 Å². The second-order valence-electron chi connectivity index (χ2n) is 7.05. The summed E-state index contributed by atoms with van der Waals surface area (Å²) in [6.07, 6.45) is 2.78. The smallest absolute Gasteiger partial charge is 0.177 e. The molecule has 4 heterocycles. The van der Waals surface area contributed by atoms with Crippen LogP contribution in [0, 0.1) is 13.8 Å². The molecular weight excluding hydrogens is 390 g/mol. The van der Waals surface area contributed by atoms with Crippen molar-refractivity contribution in [3.63, 3.8) is 0 Å². The minimum absolute atomic E-state index is 0.792. The van der Waals surface area contributed by atoms with Crippen LogP contribution < -0.4 is 0 Å². The van der Waals surface area contributed by atoms with E-state index in [0.29, 0.717) is 0 Å². The molecule has 2 aromatic carbocycles. The molecule has 6 rings (SSSR count). The number of fused-ring (bicyclic) bond motifs is 3. The van der Waals surface area contributed by atoms with Gasteiger partial charge in [-0.25, -0.2) is 15.0 Å². The van der Waals surface area contributed by atoms with Gasteiger partial charge in [0.05, 0.1) is 26.4 Å². The summed E-state index contributed by atoms with van der Waals surface area (Å²) in [7, 11) is 0. The SMILES string of the molecule is CC1=Nc2ccccc2C1.Cc1nc2ccccc2s1.Cc1nc2ncccc2[nH]1. The fourth-order valence-electron chi connectivity index (χ4n) is 3.24. The van der Waals surface area contributed by atoms with Gasteiger partial charge in [-0.3, -0.25) is 4.99 Å². The van der Waals surface area contributed by atoms with E-state index in [1.165, 1.54) is 16.0 Å². The zero-order valence-electron chi connectivity index (χ0n) is 17.3. The fourth-order valence-corrected chi connectivity index (χ4v) is 4.07. The van der Waals surface area contributed by atoms with Gasteiger partial charge in [0.25, 0.3) is 0 Å². The Bertz CT molecular complexity index is 1180. The first-order valence-corrected chi connectivity index (χ1v) is 10.6. The van der Waals surface area contributed by atoms with Crippen LogP contribution in [0.1, 0.15) is 23.3 Å². The van der Waals surface area contributed by atoms with Crippen molar-refractivity contribution in [1.29, 1.82) is 0 Å². The maximum Gasteiger partial charge on any atom is 0.177 e. The third kappa shape index (κ3) is 4.78. The maximum atomic E-state index is 4.37. The van der Waals surface area contributed by atoms with Crippen LogP contribution in [0.4, 0.5) is 5.69 Å². The summed E-state index contributed by atoms with van der Waals surface area (Å²) in [5.74, 6) is 0.911. The molecule has 0 unspecified atom stereocenters. The highest BCUT2D eigenvalue weighted by Crippen LogP contribution is 2.25. The average molecular weight is 414 g/mol. The van der Waals surface area contributed by atoms with Crippen LogP contribution in [-0.4, -0.2) is 25.6 Å². The van der Waals surface area contributed by atoms with Crippen molar-refractivity contribution in [2.75, 3.05) is 0 Å². The number of imidazole rings is 1. The average Bonchev–Trinajstić information content (AvgIpc) is 3.41. The number of hydrogen-bond acceptors (Lipinski definition) is 5. The zero-order valence-corrected chi connectivity index (χ0v) is 18.1. The lowest BCUT2D eigenvalue weighted by atomic mass is 10.1. The molecule has 5 aromatic rings. The van der Waals surface area contributed by atoms with Gasteiger partial charge >= 0.3 is 0 Å². The number of aromatic amines is 1. The number of nitrogens with zero attached hydrogens (tertiary/aromatic N) is 4. The van der Waals surface area contributed by atoms with Crippen LogP contribution in [0.15, 0.2) is 71.9 Å². The van der Waals surface area contributed by atoms with Crippen molar-refractivity contribution in [3.05, 3.63) is 83.3 Å². The third-order valence-electron chi connectivity index (χ3n) is 4.53. The number of aryl methyl sites for hydroxylation is 2. The molecule has 150 valence electrons. The quantitative estimate of drug-likeness (QED) is 0.328. The summed E-state index contributed by atoms with van der Waals surface area (Å²) < 4.78 is 1.28. The van der Waals surface area contributed by atoms with E-state index >= 15 is 0 Å². The number of pyridine rings is 1. The largest absolute Gasteiger partial charge is 0.341 e. The minimum Gasteiger partial charge on any atom is -0.341 e. The fraction of sp³-hybridized carbons (Fsp3) is 0.167. The standard InChI is InChI=1S/C9H9N.C8H7NS.C7H7N3/c1-7-6-8-4-2-3-5-9(8)10-7;1-6-9-7-4-2-3-5-8(7)10-6;1-5-9-6-3-2-4-8-7(6)10-5/h2-5H,6H2,1H3;2-5H,1H3;2-4H,1H3,(H,8,9,10). The summed E-state index contributed by atoms with van der Waals surface area (Å²) in [4.78, 5) is 20.0. The van der Waals surface area contributed by atoms with E-state index in [1.54, 1.807) is 17.5 Å². The van der Waals surface area contributed by atoms with Gasteiger partial charge in [0.15, 0.2) is 5.65 Å². The van der Waals surface area contributed by atoms with E-state index in [2.05, 4.69) is 56.1 Å². The molecule has 1 N–H and O–H groups in total. The van der Waals surface area contributed by atoms with Gasteiger partial charge in [0.2, 0.25) is 0 Å². The number of nitrogens with one attached hydrogen (secondary N) is 1. The van der Waals surface area contributed by atoms with Crippen molar-refractivity contribution in [2.45, 2.75) is 27.2 Å². The second kappa shape index (κ2) is 8.97. The Balaban J connectivity index is 0.000000109. The van der Waals surface area contributed by atoms with E-state index in [4.69, 9.17) is 0 Å². The van der Waals surface area contributed by atoms with E-state index in [0.717, 1.165) is 39.6 Å².